The molecule has 0 spiro atoms. The standard InChI is InChI=1S/C20H19ClN2O2S3/c21-14-7-9-15(10-8-14)22-18(24)6-2-1-3-11-23-19(25)17(28-20(23)26)13-16-5-4-12-27-16/h4-5,7-10,12-13H,1-3,6,11H2,(H,22,24)/b17-13+. The maximum Gasteiger partial charge on any atom is 0.266 e. The molecule has 0 bridgehead atoms. The van der Waals surface area contributed by atoms with E-state index in [2.05, 4.69) is 5.32 Å². The van der Waals surface area contributed by atoms with E-state index in [0.29, 0.717) is 27.2 Å². The van der Waals surface area contributed by atoms with E-state index in [1.165, 1.54) is 11.8 Å². The number of halogens is 1. The lowest BCUT2D eigenvalue weighted by Crippen LogP contribution is -2.29. The molecule has 0 atom stereocenters. The van der Waals surface area contributed by atoms with Gasteiger partial charge in [-0.05, 0) is 54.6 Å². The predicted molar refractivity (Wildman–Crippen MR) is 123 cm³/mol. The first-order valence-electron chi connectivity index (χ1n) is 8.87. The largest absolute Gasteiger partial charge is 0.326 e. The smallest absolute Gasteiger partial charge is 0.266 e. The molecule has 8 heteroatoms. The van der Waals surface area contributed by atoms with Crippen molar-refractivity contribution in [2.45, 2.75) is 25.7 Å². The maximum atomic E-state index is 12.5. The number of nitrogens with one attached hydrogen (secondary N) is 1. The van der Waals surface area contributed by atoms with E-state index in [9.17, 15) is 9.59 Å². The summed E-state index contributed by atoms with van der Waals surface area (Å²) >= 11 is 14.1. The van der Waals surface area contributed by atoms with Gasteiger partial charge in [-0.3, -0.25) is 14.5 Å². The number of amides is 2. The highest BCUT2D eigenvalue weighted by molar-refractivity contribution is 8.26. The molecule has 0 radical (unpaired) electrons. The monoisotopic (exact) mass is 450 g/mol. The number of anilines is 1. The van der Waals surface area contributed by atoms with Gasteiger partial charge < -0.3 is 5.32 Å². The molecule has 2 amide bonds. The highest BCUT2D eigenvalue weighted by Crippen LogP contribution is 2.33. The van der Waals surface area contributed by atoms with Crippen LogP contribution in [0.4, 0.5) is 5.69 Å². The molecule has 0 saturated carbocycles. The number of thiocarbonyl (C=S) groups is 1. The Kier molecular flexibility index (Phi) is 7.67. The Bertz CT molecular complexity index is 879. The van der Waals surface area contributed by atoms with Crippen molar-refractivity contribution in [2.24, 2.45) is 0 Å². The fourth-order valence-electron chi connectivity index (χ4n) is 2.68. The number of carbonyl (C=O) groups is 2. The quantitative estimate of drug-likeness (QED) is 0.313. The normalized spacial score (nSPS) is 15.5. The van der Waals surface area contributed by atoms with Crippen LogP contribution in [0.25, 0.3) is 6.08 Å². The van der Waals surface area contributed by atoms with Gasteiger partial charge in [0.15, 0.2) is 0 Å². The van der Waals surface area contributed by atoms with Gasteiger partial charge in [0.1, 0.15) is 4.32 Å². The fraction of sp³-hybridized carbons (Fsp3) is 0.250. The summed E-state index contributed by atoms with van der Waals surface area (Å²) in [4.78, 5) is 27.9. The second kappa shape index (κ2) is 10.2. The Balaban J connectivity index is 1.38. The minimum Gasteiger partial charge on any atom is -0.326 e. The van der Waals surface area contributed by atoms with Crippen LogP contribution in [0.2, 0.25) is 5.02 Å². The number of benzene rings is 1. The zero-order chi connectivity index (χ0) is 19.9. The maximum absolute atomic E-state index is 12.5. The highest BCUT2D eigenvalue weighted by Gasteiger charge is 2.31. The molecule has 2 aromatic rings. The molecule has 28 heavy (non-hydrogen) atoms. The summed E-state index contributed by atoms with van der Waals surface area (Å²) in [5.41, 5.74) is 0.740. The Morgan fingerprint density at radius 2 is 1.96 bits per heavy atom. The van der Waals surface area contributed by atoms with Gasteiger partial charge in [-0.25, -0.2) is 0 Å². The Morgan fingerprint density at radius 3 is 2.68 bits per heavy atom. The van der Waals surface area contributed by atoms with Gasteiger partial charge in [0.05, 0.1) is 4.91 Å². The molecule has 1 aromatic heterocycles. The summed E-state index contributed by atoms with van der Waals surface area (Å²) in [6.07, 6.45) is 4.77. The molecular formula is C20H19ClN2O2S3. The Hall–Kier alpha value is -1.67. The third kappa shape index (κ3) is 5.91. The van der Waals surface area contributed by atoms with Crippen LogP contribution in [-0.4, -0.2) is 27.6 Å². The van der Waals surface area contributed by atoms with Crippen molar-refractivity contribution in [2.75, 3.05) is 11.9 Å². The van der Waals surface area contributed by atoms with E-state index in [-0.39, 0.29) is 11.8 Å². The summed E-state index contributed by atoms with van der Waals surface area (Å²) in [5, 5.41) is 5.47. The van der Waals surface area contributed by atoms with Gasteiger partial charge in [0.2, 0.25) is 5.91 Å². The van der Waals surface area contributed by atoms with Crippen LogP contribution in [0.1, 0.15) is 30.6 Å². The molecule has 1 aliphatic heterocycles. The number of hydrogen-bond acceptors (Lipinski definition) is 5. The lowest BCUT2D eigenvalue weighted by atomic mass is 10.1. The number of unbranched alkanes of at least 4 members (excludes halogenated alkanes) is 2. The first-order valence-corrected chi connectivity index (χ1v) is 11.4. The molecule has 1 aromatic carbocycles. The average Bonchev–Trinajstić information content (AvgIpc) is 3.27. The van der Waals surface area contributed by atoms with Crippen molar-refractivity contribution in [3.63, 3.8) is 0 Å². The van der Waals surface area contributed by atoms with Crippen LogP contribution >= 0.6 is 46.9 Å². The van der Waals surface area contributed by atoms with Gasteiger partial charge in [-0.2, -0.15) is 0 Å². The van der Waals surface area contributed by atoms with Crippen molar-refractivity contribution in [3.8, 4) is 0 Å². The van der Waals surface area contributed by atoms with E-state index in [4.69, 9.17) is 23.8 Å². The molecule has 146 valence electrons. The summed E-state index contributed by atoms with van der Waals surface area (Å²) in [7, 11) is 0. The summed E-state index contributed by atoms with van der Waals surface area (Å²) in [6.45, 7) is 0.589. The van der Waals surface area contributed by atoms with Crippen LogP contribution in [0.5, 0.6) is 0 Å². The summed E-state index contributed by atoms with van der Waals surface area (Å²) in [6, 6.07) is 11.0. The number of rotatable bonds is 8. The second-order valence-electron chi connectivity index (χ2n) is 6.21. The summed E-state index contributed by atoms with van der Waals surface area (Å²) in [5.74, 6) is -0.0457. The number of nitrogens with zero attached hydrogens (tertiary/aromatic N) is 1. The molecule has 1 fully saturated rings. The van der Waals surface area contributed by atoms with Gasteiger partial charge in [0, 0.05) is 28.6 Å². The molecule has 1 N–H and O–H groups in total. The van der Waals surface area contributed by atoms with Crippen LogP contribution in [0, 0.1) is 0 Å². The fourth-order valence-corrected chi connectivity index (χ4v) is 4.84. The second-order valence-corrected chi connectivity index (χ2v) is 9.31. The predicted octanol–water partition coefficient (Wildman–Crippen LogP) is 5.80. The average molecular weight is 451 g/mol. The van der Waals surface area contributed by atoms with Crippen molar-refractivity contribution in [1.82, 2.24) is 4.90 Å². The third-order valence-electron chi connectivity index (χ3n) is 4.10. The minimum atomic E-state index is -0.0242. The number of hydrogen-bond donors (Lipinski definition) is 1. The van der Waals surface area contributed by atoms with Crippen molar-refractivity contribution in [1.29, 1.82) is 0 Å². The number of thioether (sulfide) groups is 1. The first-order chi connectivity index (χ1) is 13.5. The van der Waals surface area contributed by atoms with Crippen molar-refractivity contribution >= 4 is 74.8 Å². The zero-order valence-electron chi connectivity index (χ0n) is 15.0. The zero-order valence-corrected chi connectivity index (χ0v) is 18.2. The minimum absolute atomic E-state index is 0.0215. The Labute approximate surface area is 183 Å². The van der Waals surface area contributed by atoms with Crippen molar-refractivity contribution in [3.05, 3.63) is 56.6 Å². The molecule has 2 heterocycles. The molecule has 1 saturated heterocycles. The van der Waals surface area contributed by atoms with Crippen LogP contribution < -0.4 is 5.32 Å². The van der Waals surface area contributed by atoms with Gasteiger partial charge in [-0.15, -0.1) is 11.3 Å². The van der Waals surface area contributed by atoms with Gasteiger partial charge in [0.25, 0.3) is 5.91 Å². The molecule has 3 rings (SSSR count). The molecule has 0 unspecified atom stereocenters. The van der Waals surface area contributed by atoms with E-state index in [1.807, 2.05) is 23.6 Å². The molecule has 1 aliphatic rings. The third-order valence-corrected chi connectivity index (χ3v) is 6.55. The van der Waals surface area contributed by atoms with Crippen LogP contribution in [0.15, 0.2) is 46.7 Å². The van der Waals surface area contributed by atoms with E-state index in [0.717, 1.165) is 29.8 Å². The summed E-state index contributed by atoms with van der Waals surface area (Å²) < 4.78 is 0.605. The molecular weight excluding hydrogens is 432 g/mol. The van der Waals surface area contributed by atoms with E-state index in [1.54, 1.807) is 40.5 Å². The molecule has 0 aliphatic carbocycles. The number of carbonyl (C=O) groups excluding carboxylic acids is 2. The van der Waals surface area contributed by atoms with Crippen LogP contribution in [0.3, 0.4) is 0 Å². The lowest BCUT2D eigenvalue weighted by Gasteiger charge is -2.14. The van der Waals surface area contributed by atoms with E-state index < -0.39 is 0 Å². The van der Waals surface area contributed by atoms with E-state index >= 15 is 0 Å². The highest BCUT2D eigenvalue weighted by atomic mass is 35.5. The first kappa shape index (κ1) is 21.0. The Morgan fingerprint density at radius 1 is 1.18 bits per heavy atom. The SMILES string of the molecule is O=C(CCCCCN1C(=O)/C(=C\c2cccs2)SC1=S)Nc1ccc(Cl)cc1. The van der Waals surface area contributed by atoms with Crippen LogP contribution in [-0.2, 0) is 9.59 Å². The van der Waals surface area contributed by atoms with Crippen molar-refractivity contribution < 1.29 is 9.59 Å². The lowest BCUT2D eigenvalue weighted by molar-refractivity contribution is -0.122. The topological polar surface area (TPSA) is 49.4 Å². The van der Waals surface area contributed by atoms with Gasteiger partial charge in [-0.1, -0.05) is 48.1 Å². The van der Waals surface area contributed by atoms with Gasteiger partial charge >= 0.3 is 0 Å². The number of thiophene rings is 1. The molecule has 4 nitrogen and oxygen atoms in total.